The van der Waals surface area contributed by atoms with Gasteiger partial charge in [-0.05, 0) is 35.4 Å². The maximum Gasteiger partial charge on any atom is 0.306 e. The summed E-state index contributed by atoms with van der Waals surface area (Å²) in [5, 5.41) is 0. The van der Waals surface area contributed by atoms with Crippen molar-refractivity contribution in [1.82, 2.24) is 0 Å². The summed E-state index contributed by atoms with van der Waals surface area (Å²) in [7, 11) is 0. The van der Waals surface area contributed by atoms with Crippen molar-refractivity contribution in [1.29, 1.82) is 0 Å². The summed E-state index contributed by atoms with van der Waals surface area (Å²) in [5.41, 5.74) is 3.77. The van der Waals surface area contributed by atoms with Crippen LogP contribution in [0.15, 0.2) is 18.2 Å². The molecule has 0 aliphatic heterocycles. The molecule has 0 heterocycles. The van der Waals surface area contributed by atoms with Crippen LogP contribution in [0.5, 0.6) is 0 Å². The lowest BCUT2D eigenvalue weighted by Gasteiger charge is -2.12. The van der Waals surface area contributed by atoms with Crippen molar-refractivity contribution in [3.63, 3.8) is 0 Å². The van der Waals surface area contributed by atoms with Crippen molar-refractivity contribution < 1.29 is 9.53 Å². The summed E-state index contributed by atoms with van der Waals surface area (Å²) in [6.07, 6.45) is 3.66. The highest BCUT2D eigenvalue weighted by atomic mass is 16.5. The van der Waals surface area contributed by atoms with Gasteiger partial charge in [0.05, 0.1) is 0 Å². The van der Waals surface area contributed by atoms with Gasteiger partial charge in [-0.15, -0.1) is 0 Å². The van der Waals surface area contributed by atoms with E-state index < -0.39 is 0 Å². The van der Waals surface area contributed by atoms with Crippen LogP contribution in [0.4, 0.5) is 0 Å². The Morgan fingerprint density at radius 1 is 1.21 bits per heavy atom. The van der Waals surface area contributed by atoms with Crippen molar-refractivity contribution in [3.8, 4) is 0 Å². The predicted octanol–water partition coefficient (Wildman–Crippen LogP) is 4.29. The van der Waals surface area contributed by atoms with Gasteiger partial charge in [0.25, 0.3) is 0 Å². The molecule has 0 saturated heterocycles. The quantitative estimate of drug-likeness (QED) is 0.685. The Labute approximate surface area is 117 Å². The second-order valence-corrected chi connectivity index (χ2v) is 5.47. The van der Waals surface area contributed by atoms with Crippen LogP contribution in [0.2, 0.25) is 0 Å². The molecule has 0 aliphatic rings. The lowest BCUT2D eigenvalue weighted by atomic mass is 10.00. The van der Waals surface area contributed by atoms with Crippen molar-refractivity contribution >= 4 is 5.97 Å². The van der Waals surface area contributed by atoms with Crippen LogP contribution in [0, 0.1) is 5.92 Å². The Kier molecular flexibility index (Phi) is 6.61. The average Bonchev–Trinajstić information content (AvgIpc) is 2.37. The minimum atomic E-state index is -0.0978. The Bertz CT molecular complexity index is 408. The van der Waals surface area contributed by atoms with E-state index in [1.807, 2.05) is 13.8 Å². The molecule has 2 heteroatoms. The number of carbonyl (C=O) groups is 1. The fourth-order valence-corrected chi connectivity index (χ4v) is 2.10. The minimum Gasteiger partial charge on any atom is -0.461 e. The molecule has 0 bridgehead atoms. The lowest BCUT2D eigenvalue weighted by Crippen LogP contribution is -2.09. The van der Waals surface area contributed by atoms with Crippen LogP contribution in [0.3, 0.4) is 0 Å². The molecule has 1 rings (SSSR count). The molecule has 0 spiro atoms. The first-order chi connectivity index (χ1) is 9.06. The molecule has 0 fully saturated rings. The first-order valence-electron chi connectivity index (χ1n) is 7.33. The number of esters is 1. The van der Waals surface area contributed by atoms with Gasteiger partial charge in [0.1, 0.15) is 6.61 Å². The van der Waals surface area contributed by atoms with E-state index in [-0.39, 0.29) is 5.97 Å². The average molecular weight is 262 g/mol. The second-order valence-electron chi connectivity index (χ2n) is 5.47. The topological polar surface area (TPSA) is 26.3 Å². The zero-order valence-electron chi connectivity index (χ0n) is 12.7. The zero-order valence-corrected chi connectivity index (χ0v) is 12.7. The molecule has 0 radical (unpaired) electrons. The van der Waals surface area contributed by atoms with Gasteiger partial charge in [-0.3, -0.25) is 4.79 Å². The van der Waals surface area contributed by atoms with Crippen LogP contribution in [0.25, 0.3) is 0 Å². The van der Waals surface area contributed by atoms with Gasteiger partial charge in [-0.2, -0.15) is 0 Å². The lowest BCUT2D eigenvalue weighted by molar-refractivity contribution is -0.145. The molecule has 0 atom stereocenters. The fraction of sp³-hybridized carbons (Fsp3) is 0.588. The molecule has 0 N–H and O–H groups in total. The highest BCUT2D eigenvalue weighted by molar-refractivity contribution is 5.69. The van der Waals surface area contributed by atoms with Crippen molar-refractivity contribution in [2.24, 2.45) is 5.92 Å². The number of rotatable bonds is 7. The first-order valence-corrected chi connectivity index (χ1v) is 7.33. The fourth-order valence-electron chi connectivity index (χ4n) is 2.10. The largest absolute Gasteiger partial charge is 0.461 e. The molecule has 2 nitrogen and oxygen atoms in total. The third-order valence-corrected chi connectivity index (χ3v) is 3.16. The number of benzene rings is 1. The molecule has 0 aromatic heterocycles. The number of ether oxygens (including phenoxy) is 1. The maximum atomic E-state index is 11.6. The van der Waals surface area contributed by atoms with Gasteiger partial charge in [0.15, 0.2) is 0 Å². The van der Waals surface area contributed by atoms with Crippen LogP contribution < -0.4 is 0 Å². The molecule has 0 amide bonds. The van der Waals surface area contributed by atoms with E-state index in [2.05, 4.69) is 32.0 Å². The summed E-state index contributed by atoms with van der Waals surface area (Å²) >= 11 is 0. The zero-order chi connectivity index (χ0) is 14.3. The second kappa shape index (κ2) is 7.98. The van der Waals surface area contributed by atoms with Crippen molar-refractivity contribution in [2.45, 2.75) is 60.0 Å². The molecular weight excluding hydrogens is 236 g/mol. The third-order valence-electron chi connectivity index (χ3n) is 3.16. The Morgan fingerprint density at radius 3 is 2.53 bits per heavy atom. The SMILES string of the molecule is CCCc1ccc(CC)cc1COC(=O)CC(C)C. The van der Waals surface area contributed by atoms with Gasteiger partial charge in [0, 0.05) is 6.42 Å². The van der Waals surface area contributed by atoms with Gasteiger partial charge in [-0.1, -0.05) is 52.3 Å². The molecule has 0 saturated carbocycles. The predicted molar refractivity (Wildman–Crippen MR) is 79.1 cm³/mol. The van der Waals surface area contributed by atoms with Crippen molar-refractivity contribution in [2.75, 3.05) is 0 Å². The maximum absolute atomic E-state index is 11.6. The van der Waals surface area contributed by atoms with E-state index in [1.165, 1.54) is 16.7 Å². The van der Waals surface area contributed by atoms with Crippen LogP contribution in [-0.4, -0.2) is 5.97 Å². The molecular formula is C17H26O2. The summed E-state index contributed by atoms with van der Waals surface area (Å²) in [4.78, 5) is 11.6. The van der Waals surface area contributed by atoms with Crippen molar-refractivity contribution in [3.05, 3.63) is 34.9 Å². The van der Waals surface area contributed by atoms with E-state index in [0.29, 0.717) is 18.9 Å². The van der Waals surface area contributed by atoms with Gasteiger partial charge < -0.3 is 4.74 Å². The molecule has 1 aromatic rings. The number of hydrogen-bond acceptors (Lipinski definition) is 2. The minimum absolute atomic E-state index is 0.0978. The Hall–Kier alpha value is -1.31. The Balaban J connectivity index is 2.71. The summed E-state index contributed by atoms with van der Waals surface area (Å²) in [5.74, 6) is 0.254. The first kappa shape index (κ1) is 15.7. The van der Waals surface area contributed by atoms with E-state index in [9.17, 15) is 4.79 Å². The monoisotopic (exact) mass is 262 g/mol. The number of hydrogen-bond donors (Lipinski definition) is 0. The third kappa shape index (κ3) is 5.46. The van der Waals surface area contributed by atoms with Crippen LogP contribution in [0.1, 0.15) is 57.2 Å². The summed E-state index contributed by atoms with van der Waals surface area (Å²) in [6, 6.07) is 6.52. The normalized spacial score (nSPS) is 10.8. The molecule has 106 valence electrons. The highest BCUT2D eigenvalue weighted by Crippen LogP contribution is 2.16. The number of aryl methyl sites for hydroxylation is 2. The molecule has 19 heavy (non-hydrogen) atoms. The number of carbonyl (C=O) groups excluding carboxylic acids is 1. The van der Waals surface area contributed by atoms with Gasteiger partial charge >= 0.3 is 5.97 Å². The molecule has 1 aromatic carbocycles. The summed E-state index contributed by atoms with van der Waals surface area (Å²) in [6.45, 7) is 8.78. The van der Waals surface area contributed by atoms with Crippen LogP contribution >= 0.6 is 0 Å². The molecule has 0 aliphatic carbocycles. The van der Waals surface area contributed by atoms with E-state index in [4.69, 9.17) is 4.74 Å². The van der Waals surface area contributed by atoms with E-state index >= 15 is 0 Å². The van der Waals surface area contributed by atoms with Gasteiger partial charge in [0.2, 0.25) is 0 Å². The van der Waals surface area contributed by atoms with E-state index in [0.717, 1.165) is 19.3 Å². The highest BCUT2D eigenvalue weighted by Gasteiger charge is 2.09. The molecule has 0 unspecified atom stereocenters. The van der Waals surface area contributed by atoms with Gasteiger partial charge in [-0.25, -0.2) is 0 Å². The van der Waals surface area contributed by atoms with E-state index in [1.54, 1.807) is 0 Å². The smallest absolute Gasteiger partial charge is 0.306 e. The Morgan fingerprint density at radius 2 is 1.95 bits per heavy atom. The summed E-state index contributed by atoms with van der Waals surface area (Å²) < 4.78 is 5.39. The standard InChI is InChI=1S/C17H26O2/c1-5-7-15-9-8-14(6-2)11-16(15)12-19-17(18)10-13(3)4/h8-9,11,13H,5-7,10,12H2,1-4H3. The van der Waals surface area contributed by atoms with Crippen LogP contribution in [-0.2, 0) is 29.0 Å².